The molecule has 1 aromatic heterocycles. The highest BCUT2D eigenvalue weighted by Crippen LogP contribution is 2.16. The van der Waals surface area contributed by atoms with E-state index in [0.29, 0.717) is 5.82 Å². The molecular weight excluding hydrogens is 336 g/mol. The zero-order chi connectivity index (χ0) is 17.5. The number of ether oxygens (including phenoxy) is 1. The van der Waals surface area contributed by atoms with Crippen LogP contribution in [0.15, 0.2) is 36.7 Å². The highest BCUT2D eigenvalue weighted by atomic mass is 35.5. The van der Waals surface area contributed by atoms with Crippen LogP contribution in [0.4, 0.5) is 11.5 Å². The number of nitro benzene ring substituents is 1. The topological polar surface area (TPSA) is 107 Å². The van der Waals surface area contributed by atoms with Crippen molar-refractivity contribution in [3.8, 4) is 0 Å². The fraction of sp³-hybridized carbons (Fsp3) is 0.267. The minimum Gasteiger partial charge on any atom is -0.464 e. The number of anilines is 1. The van der Waals surface area contributed by atoms with Gasteiger partial charge in [-0.2, -0.15) is 0 Å². The number of benzene rings is 1. The Morgan fingerprint density at radius 3 is 2.67 bits per heavy atom. The normalized spacial score (nSPS) is 11.6. The van der Waals surface area contributed by atoms with Crippen LogP contribution in [0.3, 0.4) is 0 Å². The van der Waals surface area contributed by atoms with Crippen LogP contribution in [-0.2, 0) is 16.0 Å². The fourth-order valence-electron chi connectivity index (χ4n) is 2.02. The van der Waals surface area contributed by atoms with Gasteiger partial charge in [-0.1, -0.05) is 23.7 Å². The summed E-state index contributed by atoms with van der Waals surface area (Å²) in [5.41, 5.74) is 0.730. The molecule has 0 unspecified atom stereocenters. The summed E-state index contributed by atoms with van der Waals surface area (Å²) in [6.07, 6.45) is 1.55. The second-order valence-corrected chi connectivity index (χ2v) is 5.19. The molecule has 0 spiro atoms. The Morgan fingerprint density at radius 2 is 2.08 bits per heavy atom. The summed E-state index contributed by atoms with van der Waals surface area (Å²) in [6.45, 7) is 1.95. The first-order valence-electron chi connectivity index (χ1n) is 7.13. The van der Waals surface area contributed by atoms with E-state index in [1.165, 1.54) is 24.5 Å². The molecule has 0 aliphatic carbocycles. The molecule has 24 heavy (non-hydrogen) atoms. The van der Waals surface area contributed by atoms with E-state index in [2.05, 4.69) is 15.3 Å². The van der Waals surface area contributed by atoms with Crippen molar-refractivity contribution in [1.82, 2.24) is 9.97 Å². The van der Waals surface area contributed by atoms with E-state index in [4.69, 9.17) is 16.3 Å². The van der Waals surface area contributed by atoms with Crippen molar-refractivity contribution in [2.75, 3.05) is 11.9 Å². The van der Waals surface area contributed by atoms with E-state index in [0.717, 1.165) is 5.56 Å². The van der Waals surface area contributed by atoms with Crippen LogP contribution < -0.4 is 5.32 Å². The molecule has 1 atom stereocenters. The SMILES string of the molecule is CCOC(=O)[C@H](Cc1ccc([N+](=O)[O-])cc1)Nc1cc(Cl)ncn1. The Morgan fingerprint density at radius 1 is 1.38 bits per heavy atom. The number of nitro groups is 1. The summed E-state index contributed by atoms with van der Waals surface area (Å²) >= 11 is 5.81. The zero-order valence-electron chi connectivity index (χ0n) is 12.8. The number of hydrogen-bond donors (Lipinski definition) is 1. The van der Waals surface area contributed by atoms with Crippen LogP contribution in [0, 0.1) is 10.1 Å². The number of carbonyl (C=O) groups is 1. The minimum absolute atomic E-state index is 0.0121. The van der Waals surface area contributed by atoms with E-state index in [-0.39, 0.29) is 23.9 Å². The number of hydrogen-bond acceptors (Lipinski definition) is 7. The molecule has 0 aliphatic heterocycles. The molecule has 8 nitrogen and oxygen atoms in total. The van der Waals surface area contributed by atoms with Gasteiger partial charge >= 0.3 is 5.97 Å². The van der Waals surface area contributed by atoms with Gasteiger partial charge in [0, 0.05) is 24.6 Å². The maximum Gasteiger partial charge on any atom is 0.328 e. The van der Waals surface area contributed by atoms with Gasteiger partial charge in [0.05, 0.1) is 11.5 Å². The van der Waals surface area contributed by atoms with Crippen LogP contribution in [0.25, 0.3) is 0 Å². The predicted octanol–water partition coefficient (Wildman–Crippen LogP) is 2.62. The Hall–Kier alpha value is -2.74. The van der Waals surface area contributed by atoms with E-state index >= 15 is 0 Å². The molecule has 2 aromatic rings. The van der Waals surface area contributed by atoms with Gasteiger partial charge < -0.3 is 10.1 Å². The lowest BCUT2D eigenvalue weighted by molar-refractivity contribution is -0.384. The van der Waals surface area contributed by atoms with Gasteiger partial charge in [-0.3, -0.25) is 10.1 Å². The summed E-state index contributed by atoms with van der Waals surface area (Å²) in [5, 5.41) is 13.9. The lowest BCUT2D eigenvalue weighted by atomic mass is 10.1. The number of nitrogens with zero attached hydrogens (tertiary/aromatic N) is 3. The molecule has 0 radical (unpaired) electrons. The number of nitrogens with one attached hydrogen (secondary N) is 1. The van der Waals surface area contributed by atoms with Crippen LogP contribution >= 0.6 is 11.6 Å². The largest absolute Gasteiger partial charge is 0.464 e. The number of rotatable bonds is 7. The van der Waals surface area contributed by atoms with Gasteiger partial charge in [0.2, 0.25) is 0 Å². The first-order valence-corrected chi connectivity index (χ1v) is 7.51. The smallest absolute Gasteiger partial charge is 0.328 e. The van der Waals surface area contributed by atoms with Crippen molar-refractivity contribution in [3.05, 3.63) is 57.5 Å². The molecule has 9 heteroatoms. The fourth-order valence-corrected chi connectivity index (χ4v) is 2.16. The molecule has 1 aromatic carbocycles. The monoisotopic (exact) mass is 350 g/mol. The Balaban J connectivity index is 2.16. The Kier molecular flexibility index (Phi) is 6.02. The molecule has 0 aliphatic rings. The van der Waals surface area contributed by atoms with Gasteiger partial charge in [0.1, 0.15) is 23.3 Å². The third kappa shape index (κ3) is 4.88. The molecule has 0 fully saturated rings. The molecule has 1 N–H and O–H groups in total. The van der Waals surface area contributed by atoms with Crippen molar-refractivity contribution < 1.29 is 14.5 Å². The molecule has 0 bridgehead atoms. The van der Waals surface area contributed by atoms with Crippen LogP contribution in [0.2, 0.25) is 5.15 Å². The van der Waals surface area contributed by atoms with E-state index in [1.807, 2.05) is 0 Å². The van der Waals surface area contributed by atoms with Crippen molar-refractivity contribution in [2.24, 2.45) is 0 Å². The minimum atomic E-state index is -0.711. The second kappa shape index (κ2) is 8.21. The number of halogens is 1. The second-order valence-electron chi connectivity index (χ2n) is 4.80. The third-order valence-electron chi connectivity index (χ3n) is 3.11. The molecule has 0 saturated heterocycles. The van der Waals surface area contributed by atoms with Gasteiger partial charge in [0.25, 0.3) is 5.69 Å². The number of aromatic nitrogens is 2. The predicted molar refractivity (Wildman–Crippen MR) is 87.9 cm³/mol. The summed E-state index contributed by atoms with van der Waals surface area (Å²) in [4.78, 5) is 30.1. The van der Waals surface area contributed by atoms with Crippen molar-refractivity contribution in [3.63, 3.8) is 0 Å². The van der Waals surface area contributed by atoms with E-state index in [9.17, 15) is 14.9 Å². The maximum atomic E-state index is 12.1. The summed E-state index contributed by atoms with van der Waals surface area (Å²) in [6, 6.07) is 6.75. The average Bonchev–Trinajstić information content (AvgIpc) is 2.55. The number of non-ortho nitro benzene ring substituents is 1. The quantitative estimate of drug-likeness (QED) is 0.354. The third-order valence-corrected chi connectivity index (χ3v) is 3.32. The standard InChI is InChI=1S/C15H15ClN4O4/c1-2-24-15(21)12(19-14-8-13(16)17-9-18-14)7-10-3-5-11(6-4-10)20(22)23/h3-6,8-9,12H,2,7H2,1H3,(H,17,18,19)/t12-/m0/s1. The van der Waals surface area contributed by atoms with Crippen LogP contribution in [0.5, 0.6) is 0 Å². The van der Waals surface area contributed by atoms with Crippen LogP contribution in [-0.4, -0.2) is 33.5 Å². The maximum absolute atomic E-state index is 12.1. The zero-order valence-corrected chi connectivity index (χ0v) is 13.6. The molecule has 0 saturated carbocycles. The summed E-state index contributed by atoms with van der Waals surface area (Å²) < 4.78 is 5.05. The summed E-state index contributed by atoms with van der Waals surface area (Å²) in [5.74, 6) is -0.0689. The molecule has 2 rings (SSSR count). The number of carbonyl (C=O) groups excluding carboxylic acids is 1. The lowest BCUT2D eigenvalue weighted by Crippen LogP contribution is -2.33. The Bertz CT molecular complexity index is 724. The first kappa shape index (κ1) is 17.6. The van der Waals surface area contributed by atoms with E-state index < -0.39 is 16.9 Å². The first-order chi connectivity index (χ1) is 11.5. The number of esters is 1. The molecule has 126 valence electrons. The highest BCUT2D eigenvalue weighted by Gasteiger charge is 2.21. The molecular formula is C15H15ClN4O4. The van der Waals surface area contributed by atoms with Gasteiger partial charge in [-0.05, 0) is 12.5 Å². The lowest BCUT2D eigenvalue weighted by Gasteiger charge is -2.17. The van der Waals surface area contributed by atoms with Crippen LogP contribution in [0.1, 0.15) is 12.5 Å². The van der Waals surface area contributed by atoms with Crippen molar-refractivity contribution >= 4 is 29.1 Å². The van der Waals surface area contributed by atoms with Crippen molar-refractivity contribution in [1.29, 1.82) is 0 Å². The average molecular weight is 351 g/mol. The highest BCUT2D eigenvalue weighted by molar-refractivity contribution is 6.29. The van der Waals surface area contributed by atoms with E-state index in [1.54, 1.807) is 19.1 Å². The van der Waals surface area contributed by atoms with Crippen molar-refractivity contribution in [2.45, 2.75) is 19.4 Å². The van der Waals surface area contributed by atoms with Gasteiger partial charge in [-0.15, -0.1) is 0 Å². The molecule has 1 heterocycles. The Labute approximate surface area is 143 Å². The summed E-state index contributed by atoms with van der Waals surface area (Å²) in [7, 11) is 0. The van der Waals surface area contributed by atoms with Gasteiger partial charge in [-0.25, -0.2) is 14.8 Å². The van der Waals surface area contributed by atoms with Gasteiger partial charge in [0.15, 0.2) is 0 Å². The molecule has 0 amide bonds.